The molecule has 0 saturated carbocycles. The van der Waals surface area contributed by atoms with Crippen LogP contribution in [-0.2, 0) is 12.1 Å². The zero-order valence-electron chi connectivity index (χ0n) is 14.5. The van der Waals surface area contributed by atoms with Crippen LogP contribution in [-0.4, -0.2) is 16.5 Å². The van der Waals surface area contributed by atoms with E-state index in [2.05, 4.69) is 16.9 Å². The Hall–Kier alpha value is -2.32. The van der Waals surface area contributed by atoms with Crippen molar-refractivity contribution in [3.8, 4) is 17.6 Å². The van der Waals surface area contributed by atoms with Gasteiger partial charge in [0.05, 0.1) is 11.7 Å². The normalized spacial score (nSPS) is 10.9. The summed E-state index contributed by atoms with van der Waals surface area (Å²) in [5.74, 6) is 5.87. The molecular weight excluding hydrogens is 343 g/mol. The van der Waals surface area contributed by atoms with Gasteiger partial charge in [0.25, 0.3) is 5.56 Å². The van der Waals surface area contributed by atoms with Crippen LogP contribution in [0, 0.1) is 11.8 Å². The summed E-state index contributed by atoms with van der Waals surface area (Å²) >= 11 is 6.12. The highest BCUT2D eigenvalue weighted by Crippen LogP contribution is 2.21. The van der Waals surface area contributed by atoms with Gasteiger partial charge in [-0.3, -0.25) is 9.18 Å². The van der Waals surface area contributed by atoms with Crippen LogP contribution in [0.25, 0.3) is 0 Å². The molecule has 25 heavy (non-hydrogen) atoms. The highest BCUT2D eigenvalue weighted by molar-refractivity contribution is 6.31. The molecule has 0 radical (unpaired) electrons. The average molecular weight is 363 g/mol. The van der Waals surface area contributed by atoms with Gasteiger partial charge in [-0.2, -0.15) is 5.10 Å². The Kier molecular flexibility index (Phi) is 6.22. The van der Waals surface area contributed by atoms with Gasteiger partial charge in [0.15, 0.2) is 10.8 Å². The molecule has 0 aliphatic rings. The van der Waals surface area contributed by atoms with E-state index in [1.54, 1.807) is 0 Å². The lowest BCUT2D eigenvalue weighted by molar-refractivity contribution is 0.292. The average Bonchev–Trinajstić information content (AvgIpc) is 2.56. The Bertz CT molecular complexity index is 843. The Morgan fingerprint density at radius 3 is 2.56 bits per heavy atom. The maximum Gasteiger partial charge on any atom is 0.289 e. The van der Waals surface area contributed by atoms with Gasteiger partial charge in [0.1, 0.15) is 13.3 Å². The first-order chi connectivity index (χ1) is 11.8. The van der Waals surface area contributed by atoms with E-state index in [0.29, 0.717) is 0 Å². The number of ether oxygens (including phenoxy) is 1. The zero-order chi connectivity index (χ0) is 18.4. The van der Waals surface area contributed by atoms with Crippen molar-refractivity contribution in [2.45, 2.75) is 39.3 Å². The minimum Gasteiger partial charge on any atom is -0.485 e. The maximum absolute atomic E-state index is 12.3. The molecule has 0 amide bonds. The monoisotopic (exact) mass is 362 g/mol. The molecule has 0 fully saturated rings. The number of nitrogens with zero attached hydrogens (tertiary/aromatic N) is 2. The van der Waals surface area contributed by atoms with Crippen LogP contribution in [0.5, 0.6) is 5.75 Å². The number of aromatic nitrogens is 2. The van der Waals surface area contributed by atoms with Gasteiger partial charge in [0, 0.05) is 12.0 Å². The number of halogens is 2. The molecule has 2 rings (SSSR count). The Morgan fingerprint density at radius 1 is 1.28 bits per heavy atom. The number of alkyl halides is 1. The molecule has 0 aliphatic carbocycles. The molecule has 0 atom stereocenters. The number of rotatable bonds is 4. The van der Waals surface area contributed by atoms with Gasteiger partial charge < -0.3 is 4.74 Å². The van der Waals surface area contributed by atoms with Crippen molar-refractivity contribution in [3.63, 3.8) is 0 Å². The van der Waals surface area contributed by atoms with Gasteiger partial charge in [-0.25, -0.2) is 4.68 Å². The number of hydrogen-bond donors (Lipinski definition) is 0. The summed E-state index contributed by atoms with van der Waals surface area (Å²) in [6.07, 6.45) is 1.68. The van der Waals surface area contributed by atoms with Gasteiger partial charge in [0.2, 0.25) is 0 Å². The van der Waals surface area contributed by atoms with E-state index < -0.39 is 12.2 Å². The van der Waals surface area contributed by atoms with Gasteiger partial charge in [-0.05, 0) is 38.5 Å². The Morgan fingerprint density at radius 2 is 1.96 bits per heavy atom. The molecule has 2 aromatic rings. The summed E-state index contributed by atoms with van der Waals surface area (Å²) in [7, 11) is 0. The van der Waals surface area contributed by atoms with Gasteiger partial charge >= 0.3 is 0 Å². The first-order valence-electron chi connectivity index (χ1n) is 7.88. The molecule has 0 N–H and O–H groups in total. The summed E-state index contributed by atoms with van der Waals surface area (Å²) in [6, 6.07) is 7.39. The Labute approximate surface area is 151 Å². The van der Waals surface area contributed by atoms with Crippen LogP contribution >= 0.6 is 11.6 Å². The molecule has 1 aromatic heterocycles. The van der Waals surface area contributed by atoms with E-state index in [1.165, 1.54) is 10.9 Å². The molecule has 0 bridgehead atoms. The van der Waals surface area contributed by atoms with Crippen molar-refractivity contribution in [1.29, 1.82) is 0 Å². The largest absolute Gasteiger partial charge is 0.485 e. The van der Waals surface area contributed by atoms with E-state index in [-0.39, 0.29) is 29.4 Å². The predicted octanol–water partition coefficient (Wildman–Crippen LogP) is 3.94. The van der Waals surface area contributed by atoms with Crippen LogP contribution in [0.2, 0.25) is 5.02 Å². The van der Waals surface area contributed by atoms with Crippen molar-refractivity contribution in [2.75, 3.05) is 6.67 Å². The summed E-state index contributed by atoms with van der Waals surface area (Å²) in [5, 5.41) is 4.14. The van der Waals surface area contributed by atoms with Crippen molar-refractivity contribution in [2.24, 2.45) is 0 Å². The van der Waals surface area contributed by atoms with Crippen molar-refractivity contribution in [3.05, 3.63) is 57.0 Å². The third-order valence-corrected chi connectivity index (χ3v) is 3.67. The SMILES string of the molecule is CC(C)(C)n1ncc(OCc2ccc(C#CCCF)cc2)c(Cl)c1=O. The predicted molar refractivity (Wildman–Crippen MR) is 96.7 cm³/mol. The molecule has 1 aromatic carbocycles. The molecule has 0 spiro atoms. The second-order valence-corrected chi connectivity index (χ2v) is 6.81. The second kappa shape index (κ2) is 8.17. The summed E-state index contributed by atoms with van der Waals surface area (Å²) in [6.45, 7) is 5.42. The van der Waals surface area contributed by atoms with Crippen molar-refractivity contribution < 1.29 is 9.13 Å². The molecule has 1 heterocycles. The lowest BCUT2D eigenvalue weighted by atomic mass is 10.1. The molecule has 0 saturated heterocycles. The first kappa shape index (κ1) is 19.0. The number of benzene rings is 1. The van der Waals surface area contributed by atoms with Crippen LogP contribution in [0.15, 0.2) is 35.3 Å². The third-order valence-electron chi connectivity index (χ3n) is 3.32. The molecule has 0 aliphatic heterocycles. The van der Waals surface area contributed by atoms with E-state index in [4.69, 9.17) is 16.3 Å². The maximum atomic E-state index is 12.3. The highest BCUT2D eigenvalue weighted by Gasteiger charge is 2.19. The van der Waals surface area contributed by atoms with Crippen molar-refractivity contribution in [1.82, 2.24) is 9.78 Å². The highest BCUT2D eigenvalue weighted by atomic mass is 35.5. The molecule has 6 heteroatoms. The van der Waals surface area contributed by atoms with Gasteiger partial charge in [-0.15, -0.1) is 0 Å². The third kappa shape index (κ3) is 5.07. The van der Waals surface area contributed by atoms with E-state index in [9.17, 15) is 9.18 Å². The first-order valence-corrected chi connectivity index (χ1v) is 8.25. The van der Waals surface area contributed by atoms with Crippen LogP contribution in [0.1, 0.15) is 38.3 Å². The molecule has 132 valence electrons. The smallest absolute Gasteiger partial charge is 0.289 e. The summed E-state index contributed by atoms with van der Waals surface area (Å²) in [4.78, 5) is 12.3. The van der Waals surface area contributed by atoms with E-state index in [0.717, 1.165) is 11.1 Å². The van der Waals surface area contributed by atoms with Crippen LogP contribution in [0.4, 0.5) is 4.39 Å². The minimum absolute atomic E-state index is 0.0126. The minimum atomic E-state index is -0.460. The van der Waals surface area contributed by atoms with Crippen molar-refractivity contribution >= 4 is 11.6 Å². The quantitative estimate of drug-likeness (QED) is 0.774. The number of hydrogen-bond acceptors (Lipinski definition) is 3. The van der Waals surface area contributed by atoms with E-state index in [1.807, 2.05) is 45.0 Å². The van der Waals surface area contributed by atoms with Gasteiger partial charge in [-0.1, -0.05) is 35.6 Å². The fourth-order valence-electron chi connectivity index (χ4n) is 2.05. The molecule has 0 unspecified atom stereocenters. The lowest BCUT2D eigenvalue weighted by Crippen LogP contribution is -2.36. The lowest BCUT2D eigenvalue weighted by Gasteiger charge is -2.21. The summed E-state index contributed by atoms with van der Waals surface area (Å²) < 4.78 is 19.0. The topological polar surface area (TPSA) is 44.1 Å². The second-order valence-electron chi connectivity index (χ2n) is 6.44. The van der Waals surface area contributed by atoms with Crippen LogP contribution in [0.3, 0.4) is 0 Å². The Balaban J connectivity index is 2.08. The standard InChI is InChI=1S/C19H20ClFN2O2/c1-19(2,3)23-18(24)17(20)16(12-22-23)25-13-15-9-7-14(8-10-15)6-4-5-11-21/h7-10,12H,5,11,13H2,1-3H3. The fourth-order valence-corrected chi connectivity index (χ4v) is 2.24. The molecular formula is C19H20ClFN2O2. The summed E-state index contributed by atoms with van der Waals surface area (Å²) in [5.41, 5.74) is 0.861. The molecule has 4 nitrogen and oxygen atoms in total. The fraction of sp³-hybridized carbons (Fsp3) is 0.368. The van der Waals surface area contributed by atoms with E-state index >= 15 is 0 Å². The van der Waals surface area contributed by atoms with Crippen LogP contribution < -0.4 is 10.3 Å². The zero-order valence-corrected chi connectivity index (χ0v) is 15.2.